The number of hydrogen-bond acceptors (Lipinski definition) is 4. The van der Waals surface area contributed by atoms with E-state index >= 15 is 0 Å². The molecule has 0 radical (unpaired) electrons. The zero-order valence-electron chi connectivity index (χ0n) is 19.8. The van der Waals surface area contributed by atoms with E-state index in [0.29, 0.717) is 5.16 Å². The summed E-state index contributed by atoms with van der Waals surface area (Å²) < 4.78 is 1.88. The number of aromatic nitrogens is 2. The Morgan fingerprint density at radius 1 is 0.971 bits per heavy atom. The van der Waals surface area contributed by atoms with Crippen LogP contribution in [0.15, 0.2) is 71.9 Å². The predicted octanol–water partition coefficient (Wildman–Crippen LogP) is 5.36. The van der Waals surface area contributed by atoms with E-state index in [1.807, 2.05) is 79.9 Å². The first kappa shape index (κ1) is 23.6. The molecule has 0 fully saturated rings. The normalized spacial score (nSPS) is 10.9. The molecular weight excluding hydrogens is 444 g/mol. The Hall–Kier alpha value is -3.58. The van der Waals surface area contributed by atoms with Crippen LogP contribution in [0.3, 0.4) is 0 Å². The lowest BCUT2D eigenvalue weighted by Crippen LogP contribution is -2.28. The molecule has 1 aromatic heterocycles. The van der Waals surface area contributed by atoms with E-state index in [1.54, 1.807) is 11.9 Å². The van der Waals surface area contributed by atoms with Crippen molar-refractivity contribution in [1.29, 1.82) is 0 Å². The van der Waals surface area contributed by atoms with Crippen LogP contribution in [0.25, 0.3) is 11.0 Å². The largest absolute Gasteiger partial charge is 0.324 e. The number of carbonyl (C=O) groups excluding carboxylic acids is 2. The van der Waals surface area contributed by atoms with Gasteiger partial charge in [-0.05, 0) is 56.2 Å². The van der Waals surface area contributed by atoms with Gasteiger partial charge in [0.1, 0.15) is 6.54 Å². The molecular formula is C27H28N4O2S. The number of imidazole rings is 1. The number of rotatable bonds is 7. The quantitative estimate of drug-likeness (QED) is 0.368. The number of anilines is 2. The highest BCUT2D eigenvalue weighted by Gasteiger charge is 2.18. The van der Waals surface area contributed by atoms with Crippen LogP contribution in [0.2, 0.25) is 0 Å². The van der Waals surface area contributed by atoms with Crippen LogP contribution in [-0.4, -0.2) is 34.2 Å². The molecule has 34 heavy (non-hydrogen) atoms. The SMILES string of the molecule is Cc1cc(C)c(NC(=O)Cn2c(SCC(=O)N(C)c3ccccc3)nc3ccccc32)c(C)c1. The second kappa shape index (κ2) is 10.1. The molecule has 2 amide bonds. The number of nitrogens with one attached hydrogen (secondary N) is 1. The highest BCUT2D eigenvalue weighted by Crippen LogP contribution is 2.26. The smallest absolute Gasteiger partial charge is 0.244 e. The molecule has 6 nitrogen and oxygen atoms in total. The van der Waals surface area contributed by atoms with Crippen LogP contribution in [0.5, 0.6) is 0 Å². The first-order valence-electron chi connectivity index (χ1n) is 11.1. The van der Waals surface area contributed by atoms with Crippen LogP contribution in [0.4, 0.5) is 11.4 Å². The molecule has 3 aromatic carbocycles. The minimum atomic E-state index is -0.132. The molecule has 0 aliphatic heterocycles. The van der Waals surface area contributed by atoms with Gasteiger partial charge < -0.3 is 14.8 Å². The molecule has 4 rings (SSSR count). The fourth-order valence-corrected chi connectivity index (χ4v) is 4.96. The van der Waals surface area contributed by atoms with E-state index in [-0.39, 0.29) is 24.1 Å². The number of thioether (sulfide) groups is 1. The molecule has 1 N–H and O–H groups in total. The number of para-hydroxylation sites is 3. The van der Waals surface area contributed by atoms with Crippen molar-refractivity contribution >= 4 is 46.0 Å². The van der Waals surface area contributed by atoms with Crippen molar-refractivity contribution in [3.05, 3.63) is 83.4 Å². The van der Waals surface area contributed by atoms with Crippen molar-refractivity contribution in [2.24, 2.45) is 0 Å². The summed E-state index contributed by atoms with van der Waals surface area (Å²) in [5.74, 6) is 0.0462. The van der Waals surface area contributed by atoms with Crippen LogP contribution in [0, 0.1) is 20.8 Å². The van der Waals surface area contributed by atoms with Crippen LogP contribution in [-0.2, 0) is 16.1 Å². The summed E-state index contributed by atoms with van der Waals surface area (Å²) in [6.45, 7) is 6.15. The third-order valence-corrected chi connectivity index (χ3v) is 6.67. The maximum Gasteiger partial charge on any atom is 0.244 e. The summed E-state index contributed by atoms with van der Waals surface area (Å²) in [7, 11) is 1.76. The standard InChI is InChI=1S/C27H28N4O2S/c1-18-14-19(2)26(20(3)15-18)29-24(32)16-31-23-13-9-8-12-22(23)28-27(31)34-17-25(33)30(4)21-10-6-5-7-11-21/h5-15H,16-17H2,1-4H3,(H,29,32). The van der Waals surface area contributed by atoms with Gasteiger partial charge in [0, 0.05) is 18.4 Å². The van der Waals surface area contributed by atoms with Crippen molar-refractivity contribution < 1.29 is 9.59 Å². The fraction of sp³-hybridized carbons (Fsp3) is 0.222. The van der Waals surface area contributed by atoms with Gasteiger partial charge >= 0.3 is 0 Å². The zero-order valence-corrected chi connectivity index (χ0v) is 20.6. The average Bonchev–Trinajstić information content (AvgIpc) is 3.17. The maximum absolute atomic E-state index is 13.1. The van der Waals surface area contributed by atoms with Gasteiger partial charge in [0.05, 0.1) is 16.8 Å². The Balaban J connectivity index is 1.53. The molecule has 0 aliphatic rings. The van der Waals surface area contributed by atoms with Gasteiger partial charge in [-0.2, -0.15) is 0 Å². The Morgan fingerprint density at radius 3 is 2.32 bits per heavy atom. The van der Waals surface area contributed by atoms with Crippen molar-refractivity contribution in [2.45, 2.75) is 32.5 Å². The number of benzene rings is 3. The minimum Gasteiger partial charge on any atom is -0.324 e. The molecule has 0 saturated heterocycles. The number of amides is 2. The van der Waals surface area contributed by atoms with E-state index in [9.17, 15) is 9.59 Å². The Morgan fingerprint density at radius 2 is 1.62 bits per heavy atom. The van der Waals surface area contributed by atoms with Gasteiger partial charge in [-0.1, -0.05) is 59.8 Å². The van der Waals surface area contributed by atoms with Gasteiger partial charge in [-0.25, -0.2) is 4.98 Å². The lowest BCUT2D eigenvalue weighted by atomic mass is 10.1. The summed E-state index contributed by atoms with van der Waals surface area (Å²) >= 11 is 1.34. The molecule has 0 spiro atoms. The Labute approximate surface area is 204 Å². The van der Waals surface area contributed by atoms with Gasteiger partial charge in [0.2, 0.25) is 11.8 Å². The third kappa shape index (κ3) is 5.15. The lowest BCUT2D eigenvalue weighted by Gasteiger charge is -2.17. The van der Waals surface area contributed by atoms with Gasteiger partial charge in [0.25, 0.3) is 0 Å². The zero-order chi connectivity index (χ0) is 24.2. The van der Waals surface area contributed by atoms with Crippen molar-refractivity contribution in [3.8, 4) is 0 Å². The van der Waals surface area contributed by atoms with Crippen LogP contribution in [0.1, 0.15) is 16.7 Å². The Bertz CT molecular complexity index is 1320. The summed E-state index contributed by atoms with van der Waals surface area (Å²) in [5.41, 5.74) is 6.57. The van der Waals surface area contributed by atoms with E-state index < -0.39 is 0 Å². The average molecular weight is 473 g/mol. The highest BCUT2D eigenvalue weighted by molar-refractivity contribution is 7.99. The molecule has 0 unspecified atom stereocenters. The van der Waals surface area contributed by atoms with Gasteiger partial charge in [-0.15, -0.1) is 0 Å². The van der Waals surface area contributed by atoms with Crippen LogP contribution < -0.4 is 10.2 Å². The monoisotopic (exact) mass is 472 g/mol. The second-order valence-corrected chi connectivity index (χ2v) is 9.31. The first-order chi connectivity index (χ1) is 16.3. The van der Waals surface area contributed by atoms with E-state index in [0.717, 1.165) is 39.1 Å². The molecule has 0 bridgehead atoms. The first-order valence-corrected chi connectivity index (χ1v) is 12.1. The fourth-order valence-electron chi connectivity index (χ4n) is 4.03. The minimum absolute atomic E-state index is 0.0369. The second-order valence-electron chi connectivity index (χ2n) is 8.37. The van der Waals surface area contributed by atoms with E-state index in [2.05, 4.69) is 17.4 Å². The highest BCUT2D eigenvalue weighted by atomic mass is 32.2. The summed E-state index contributed by atoms with van der Waals surface area (Å²) in [4.78, 5) is 32.2. The maximum atomic E-state index is 13.1. The number of aryl methyl sites for hydroxylation is 3. The van der Waals surface area contributed by atoms with E-state index in [1.165, 1.54) is 11.8 Å². The molecule has 0 saturated carbocycles. The van der Waals surface area contributed by atoms with Crippen molar-refractivity contribution in [1.82, 2.24) is 9.55 Å². The third-order valence-electron chi connectivity index (χ3n) is 5.71. The predicted molar refractivity (Wildman–Crippen MR) is 140 cm³/mol. The summed E-state index contributed by atoms with van der Waals surface area (Å²) in [6, 6.07) is 21.4. The summed E-state index contributed by atoms with van der Waals surface area (Å²) in [5, 5.41) is 3.71. The molecule has 0 aliphatic carbocycles. The molecule has 0 atom stereocenters. The van der Waals surface area contributed by atoms with Gasteiger partial charge in [-0.3, -0.25) is 9.59 Å². The van der Waals surface area contributed by atoms with E-state index in [4.69, 9.17) is 4.98 Å². The number of carbonyl (C=O) groups is 2. The molecule has 4 aromatic rings. The molecule has 1 heterocycles. The Kier molecular flexibility index (Phi) is 7.03. The molecule has 174 valence electrons. The van der Waals surface area contributed by atoms with Crippen LogP contribution >= 0.6 is 11.8 Å². The van der Waals surface area contributed by atoms with Crippen molar-refractivity contribution in [3.63, 3.8) is 0 Å². The number of nitrogens with zero attached hydrogens (tertiary/aromatic N) is 3. The summed E-state index contributed by atoms with van der Waals surface area (Å²) in [6.07, 6.45) is 0. The van der Waals surface area contributed by atoms with Gasteiger partial charge in [0.15, 0.2) is 5.16 Å². The topological polar surface area (TPSA) is 67.2 Å². The lowest BCUT2D eigenvalue weighted by molar-refractivity contribution is -0.117. The molecule has 7 heteroatoms. The number of hydrogen-bond donors (Lipinski definition) is 1. The number of fused-ring (bicyclic) bond motifs is 1. The van der Waals surface area contributed by atoms with Crippen molar-refractivity contribution in [2.75, 3.05) is 23.0 Å².